The molecule has 2 aromatic heterocycles. The third-order valence-electron chi connectivity index (χ3n) is 5.15. The summed E-state index contributed by atoms with van der Waals surface area (Å²) < 4.78 is 1.73. The number of nitrogens with zero attached hydrogens (tertiary/aromatic N) is 5. The van der Waals surface area contributed by atoms with Crippen molar-refractivity contribution < 1.29 is 4.79 Å². The summed E-state index contributed by atoms with van der Waals surface area (Å²) in [4.78, 5) is 23.4. The van der Waals surface area contributed by atoms with Gasteiger partial charge in [-0.05, 0) is 36.4 Å². The van der Waals surface area contributed by atoms with Gasteiger partial charge in [0.25, 0.3) is 5.91 Å². The lowest BCUT2D eigenvalue weighted by Gasteiger charge is -2.29. The van der Waals surface area contributed by atoms with E-state index in [1.54, 1.807) is 16.9 Å². The molecule has 0 atom stereocenters. The summed E-state index contributed by atoms with van der Waals surface area (Å²) in [5.41, 5.74) is 4.15. The smallest absolute Gasteiger partial charge is 0.269 e. The van der Waals surface area contributed by atoms with Crippen molar-refractivity contribution in [2.45, 2.75) is 6.54 Å². The number of carbonyl (C=O) groups is 1. The normalized spacial score (nSPS) is 16.6. The fraction of sp³-hybridized carbons (Fsp3) is 0.300. The first-order valence-corrected chi connectivity index (χ1v) is 9.53. The lowest BCUT2D eigenvalue weighted by Crippen LogP contribution is -2.43. The standard InChI is InChI=1S/C20H21N7O/c28-20-18-13-17(25-27(18)12-9-23-20)16-5-6-22-19(24-16)14-1-3-15(4-2-14)26-10-7-21-8-11-26/h1-6,13,21H,7-12H2,(H,23,28). The zero-order valence-electron chi connectivity index (χ0n) is 15.4. The Morgan fingerprint density at radius 2 is 1.75 bits per heavy atom. The van der Waals surface area contributed by atoms with Crippen LogP contribution in [0.1, 0.15) is 10.5 Å². The van der Waals surface area contributed by atoms with Gasteiger partial charge in [-0.1, -0.05) is 0 Å². The lowest BCUT2D eigenvalue weighted by atomic mass is 10.1. The number of carbonyl (C=O) groups excluding carboxylic acids is 1. The molecule has 0 spiro atoms. The topological polar surface area (TPSA) is 88.0 Å². The van der Waals surface area contributed by atoms with Crippen molar-refractivity contribution in [1.29, 1.82) is 0 Å². The Hall–Kier alpha value is -3.26. The molecule has 3 aromatic rings. The molecule has 1 saturated heterocycles. The fourth-order valence-electron chi connectivity index (χ4n) is 3.65. The first-order chi connectivity index (χ1) is 13.8. The van der Waals surface area contributed by atoms with Gasteiger partial charge >= 0.3 is 0 Å². The van der Waals surface area contributed by atoms with Gasteiger partial charge in [0, 0.05) is 50.2 Å². The molecule has 0 aliphatic carbocycles. The number of benzene rings is 1. The number of rotatable bonds is 3. The van der Waals surface area contributed by atoms with Crippen LogP contribution < -0.4 is 15.5 Å². The highest BCUT2D eigenvalue weighted by molar-refractivity contribution is 5.94. The van der Waals surface area contributed by atoms with Crippen LogP contribution >= 0.6 is 0 Å². The first-order valence-electron chi connectivity index (χ1n) is 9.53. The summed E-state index contributed by atoms with van der Waals surface area (Å²) in [7, 11) is 0. The predicted molar refractivity (Wildman–Crippen MR) is 106 cm³/mol. The van der Waals surface area contributed by atoms with Crippen molar-refractivity contribution in [2.75, 3.05) is 37.6 Å². The summed E-state index contributed by atoms with van der Waals surface area (Å²) in [6.45, 7) is 5.33. The monoisotopic (exact) mass is 375 g/mol. The SMILES string of the molecule is O=C1NCCn2nc(-c3ccnc(-c4ccc(N5CCNCC5)cc4)n3)cc21. The number of anilines is 1. The van der Waals surface area contributed by atoms with Crippen LogP contribution in [-0.2, 0) is 6.54 Å². The molecule has 0 saturated carbocycles. The summed E-state index contributed by atoms with van der Waals surface area (Å²) in [5.74, 6) is 0.558. The quantitative estimate of drug-likeness (QED) is 0.714. The van der Waals surface area contributed by atoms with Gasteiger partial charge < -0.3 is 15.5 Å². The van der Waals surface area contributed by atoms with E-state index in [4.69, 9.17) is 0 Å². The third-order valence-corrected chi connectivity index (χ3v) is 5.15. The number of amides is 1. The van der Waals surface area contributed by atoms with Crippen LogP contribution in [0.3, 0.4) is 0 Å². The Morgan fingerprint density at radius 1 is 0.929 bits per heavy atom. The second kappa shape index (κ2) is 7.05. The molecule has 2 N–H and O–H groups in total. The molecule has 5 rings (SSSR count). The maximum Gasteiger partial charge on any atom is 0.269 e. The van der Waals surface area contributed by atoms with Crippen LogP contribution in [0.4, 0.5) is 5.69 Å². The van der Waals surface area contributed by atoms with Crippen LogP contribution in [-0.4, -0.2) is 58.4 Å². The average Bonchev–Trinajstić information content (AvgIpc) is 3.21. The molecular weight excluding hydrogens is 354 g/mol. The molecule has 1 aromatic carbocycles. The number of nitrogens with one attached hydrogen (secondary N) is 2. The van der Waals surface area contributed by atoms with E-state index in [0.717, 1.165) is 31.7 Å². The maximum atomic E-state index is 12.0. The van der Waals surface area contributed by atoms with Crippen LogP contribution in [0.25, 0.3) is 22.8 Å². The zero-order valence-corrected chi connectivity index (χ0v) is 15.4. The fourth-order valence-corrected chi connectivity index (χ4v) is 3.65. The maximum absolute atomic E-state index is 12.0. The van der Waals surface area contributed by atoms with E-state index < -0.39 is 0 Å². The number of hydrogen-bond acceptors (Lipinski definition) is 6. The van der Waals surface area contributed by atoms with E-state index in [1.807, 2.05) is 6.07 Å². The van der Waals surface area contributed by atoms with Crippen molar-refractivity contribution in [3.63, 3.8) is 0 Å². The molecule has 8 nitrogen and oxygen atoms in total. The Morgan fingerprint density at radius 3 is 2.54 bits per heavy atom. The van der Waals surface area contributed by atoms with Gasteiger partial charge in [0.15, 0.2) is 5.82 Å². The minimum atomic E-state index is -0.0946. The highest BCUT2D eigenvalue weighted by atomic mass is 16.2. The highest BCUT2D eigenvalue weighted by Crippen LogP contribution is 2.24. The van der Waals surface area contributed by atoms with Crippen LogP contribution in [0, 0.1) is 0 Å². The van der Waals surface area contributed by atoms with E-state index in [2.05, 4.69) is 54.9 Å². The van der Waals surface area contributed by atoms with Gasteiger partial charge in [0.1, 0.15) is 11.4 Å². The number of hydrogen-bond donors (Lipinski definition) is 2. The second-order valence-electron chi connectivity index (χ2n) is 6.94. The minimum absolute atomic E-state index is 0.0946. The van der Waals surface area contributed by atoms with E-state index in [-0.39, 0.29) is 5.91 Å². The van der Waals surface area contributed by atoms with Gasteiger partial charge in [0.05, 0.1) is 12.2 Å². The molecule has 8 heteroatoms. The molecule has 2 aliphatic rings. The van der Waals surface area contributed by atoms with Crippen molar-refractivity contribution in [3.8, 4) is 22.8 Å². The number of aromatic nitrogens is 4. The zero-order chi connectivity index (χ0) is 18.9. The van der Waals surface area contributed by atoms with Crippen molar-refractivity contribution in [3.05, 3.63) is 48.3 Å². The molecule has 0 unspecified atom stereocenters. The molecule has 2 aliphatic heterocycles. The van der Waals surface area contributed by atoms with Crippen LogP contribution in [0.5, 0.6) is 0 Å². The van der Waals surface area contributed by atoms with Gasteiger partial charge in [-0.2, -0.15) is 5.10 Å². The highest BCUT2D eigenvalue weighted by Gasteiger charge is 2.20. The van der Waals surface area contributed by atoms with Crippen LogP contribution in [0.2, 0.25) is 0 Å². The molecule has 0 radical (unpaired) electrons. The van der Waals surface area contributed by atoms with Gasteiger partial charge in [-0.25, -0.2) is 9.97 Å². The molecule has 1 amide bonds. The third kappa shape index (κ3) is 3.11. The Bertz CT molecular complexity index is 1010. The van der Waals surface area contributed by atoms with Crippen LogP contribution in [0.15, 0.2) is 42.6 Å². The minimum Gasteiger partial charge on any atom is -0.369 e. The molecular formula is C20H21N7O. The van der Waals surface area contributed by atoms with Gasteiger partial charge in [0.2, 0.25) is 0 Å². The summed E-state index contributed by atoms with van der Waals surface area (Å²) in [6, 6.07) is 12.0. The molecule has 142 valence electrons. The summed E-state index contributed by atoms with van der Waals surface area (Å²) >= 11 is 0. The van der Waals surface area contributed by atoms with E-state index in [1.165, 1.54) is 5.69 Å². The van der Waals surface area contributed by atoms with E-state index in [9.17, 15) is 4.79 Å². The summed E-state index contributed by atoms with van der Waals surface area (Å²) in [5, 5.41) is 10.7. The molecule has 1 fully saturated rings. The number of fused-ring (bicyclic) bond motifs is 1. The molecule has 0 bridgehead atoms. The molecule has 28 heavy (non-hydrogen) atoms. The first kappa shape index (κ1) is 16.9. The van der Waals surface area contributed by atoms with Gasteiger partial charge in [-0.15, -0.1) is 0 Å². The van der Waals surface area contributed by atoms with E-state index >= 15 is 0 Å². The largest absolute Gasteiger partial charge is 0.369 e. The predicted octanol–water partition coefficient (Wildman–Crippen LogP) is 1.16. The lowest BCUT2D eigenvalue weighted by molar-refractivity contribution is 0.0924. The average molecular weight is 375 g/mol. The number of piperazine rings is 1. The van der Waals surface area contributed by atoms with E-state index in [0.29, 0.717) is 36.0 Å². The molecule has 4 heterocycles. The Kier molecular flexibility index (Phi) is 4.25. The Balaban J connectivity index is 1.42. The van der Waals surface area contributed by atoms with Crippen molar-refractivity contribution in [1.82, 2.24) is 30.4 Å². The summed E-state index contributed by atoms with van der Waals surface area (Å²) in [6.07, 6.45) is 1.74. The van der Waals surface area contributed by atoms with Crippen molar-refractivity contribution >= 4 is 11.6 Å². The Labute approximate surface area is 162 Å². The second-order valence-corrected chi connectivity index (χ2v) is 6.94. The van der Waals surface area contributed by atoms with Gasteiger partial charge in [-0.3, -0.25) is 9.48 Å². The van der Waals surface area contributed by atoms with Crippen molar-refractivity contribution in [2.24, 2.45) is 0 Å².